The number of carbonyl (C=O) groups excluding carboxylic acids is 3. The van der Waals surface area contributed by atoms with E-state index in [2.05, 4.69) is 15.6 Å². The Kier molecular flexibility index (Phi) is 7.76. The summed E-state index contributed by atoms with van der Waals surface area (Å²) >= 11 is 0. The Morgan fingerprint density at radius 2 is 1.59 bits per heavy atom. The summed E-state index contributed by atoms with van der Waals surface area (Å²) in [7, 11) is 0. The normalized spacial score (nSPS) is 16.9. The van der Waals surface area contributed by atoms with Crippen LogP contribution in [0, 0.1) is 13.8 Å². The smallest absolute Gasteiger partial charge is 0.273 e. The molecule has 8 heteroatoms. The predicted molar refractivity (Wildman–Crippen MR) is 142 cm³/mol. The Morgan fingerprint density at radius 1 is 0.973 bits per heavy atom. The van der Waals surface area contributed by atoms with E-state index in [1.165, 1.54) is 11.9 Å². The number of nitrogens with one attached hydrogen (secondary N) is 2. The summed E-state index contributed by atoms with van der Waals surface area (Å²) in [6, 6.07) is 16.1. The number of carbonyl (C=O) groups is 3. The van der Waals surface area contributed by atoms with Crippen molar-refractivity contribution in [1.82, 2.24) is 25.1 Å². The van der Waals surface area contributed by atoms with Crippen molar-refractivity contribution < 1.29 is 14.4 Å². The van der Waals surface area contributed by atoms with Crippen LogP contribution in [0.25, 0.3) is 0 Å². The van der Waals surface area contributed by atoms with Crippen LogP contribution in [-0.4, -0.2) is 50.8 Å². The first-order valence-electron chi connectivity index (χ1n) is 12.8. The Labute approximate surface area is 218 Å². The second-order valence-electron chi connectivity index (χ2n) is 9.96. The maximum absolute atomic E-state index is 13.7. The van der Waals surface area contributed by atoms with Crippen LogP contribution < -0.4 is 10.6 Å². The minimum Gasteiger partial charge on any atom is -0.350 e. The number of aryl methyl sites for hydroxylation is 2. The van der Waals surface area contributed by atoms with E-state index in [1.54, 1.807) is 16.4 Å². The first-order valence-corrected chi connectivity index (χ1v) is 12.8. The van der Waals surface area contributed by atoms with Gasteiger partial charge >= 0.3 is 0 Å². The van der Waals surface area contributed by atoms with Gasteiger partial charge in [-0.15, -0.1) is 0 Å². The first kappa shape index (κ1) is 26.1. The summed E-state index contributed by atoms with van der Waals surface area (Å²) in [5, 5.41) is 5.89. The SMILES string of the molecule is CCCN1C(=O)c2c(C(=O)NCCc3ccc(C)cc3)ncn2CC1(C)C(=O)NCc1ccc(C)cc1. The molecule has 0 saturated heterocycles. The molecule has 1 aliphatic heterocycles. The third-order valence-electron chi connectivity index (χ3n) is 6.90. The molecule has 0 saturated carbocycles. The first-order chi connectivity index (χ1) is 17.7. The number of hydrogen-bond acceptors (Lipinski definition) is 4. The number of imidazole rings is 1. The molecule has 4 rings (SSSR count). The Balaban J connectivity index is 1.48. The highest BCUT2D eigenvalue weighted by Crippen LogP contribution is 2.29. The number of benzene rings is 2. The zero-order valence-corrected chi connectivity index (χ0v) is 22.0. The minimum atomic E-state index is -1.11. The molecule has 37 heavy (non-hydrogen) atoms. The number of fused-ring (bicyclic) bond motifs is 1. The van der Waals surface area contributed by atoms with Crippen molar-refractivity contribution in [3.8, 4) is 0 Å². The van der Waals surface area contributed by atoms with E-state index >= 15 is 0 Å². The van der Waals surface area contributed by atoms with E-state index in [4.69, 9.17) is 0 Å². The maximum atomic E-state index is 13.7. The fraction of sp³-hybridized carbons (Fsp3) is 0.379. The molecule has 1 aromatic heterocycles. The predicted octanol–water partition coefficient (Wildman–Crippen LogP) is 3.41. The average Bonchev–Trinajstić information content (AvgIpc) is 3.31. The maximum Gasteiger partial charge on any atom is 0.273 e. The molecule has 8 nitrogen and oxygen atoms in total. The molecule has 0 spiro atoms. The lowest BCUT2D eigenvalue weighted by molar-refractivity contribution is -0.133. The fourth-order valence-corrected chi connectivity index (χ4v) is 4.67. The standard InChI is InChI=1S/C29H35N5O3/c1-5-16-34-27(36)25-24(26(35)30-15-14-22-10-6-20(2)7-11-22)32-19-33(25)18-29(34,4)28(37)31-17-23-12-8-21(3)9-13-23/h6-13,19H,5,14-18H2,1-4H3,(H,30,35)(H,31,37). The largest absolute Gasteiger partial charge is 0.350 e. The number of rotatable bonds is 9. The molecule has 194 valence electrons. The Hall–Kier alpha value is -3.94. The van der Waals surface area contributed by atoms with Gasteiger partial charge in [-0.2, -0.15) is 0 Å². The molecule has 3 aromatic rings. The lowest BCUT2D eigenvalue weighted by Gasteiger charge is -2.43. The summed E-state index contributed by atoms with van der Waals surface area (Å²) in [6.45, 7) is 9.20. The van der Waals surface area contributed by atoms with Crippen molar-refractivity contribution in [2.24, 2.45) is 0 Å². The molecule has 1 unspecified atom stereocenters. The van der Waals surface area contributed by atoms with Crippen molar-refractivity contribution in [3.05, 3.63) is 88.5 Å². The molecular formula is C29H35N5O3. The van der Waals surface area contributed by atoms with Crippen molar-refractivity contribution in [2.75, 3.05) is 13.1 Å². The molecule has 0 radical (unpaired) electrons. The van der Waals surface area contributed by atoms with Crippen LogP contribution in [-0.2, 0) is 24.3 Å². The third-order valence-corrected chi connectivity index (χ3v) is 6.90. The van der Waals surface area contributed by atoms with Gasteiger partial charge in [-0.1, -0.05) is 66.6 Å². The van der Waals surface area contributed by atoms with Crippen LogP contribution in [0.4, 0.5) is 0 Å². The van der Waals surface area contributed by atoms with Gasteiger partial charge in [-0.3, -0.25) is 14.4 Å². The van der Waals surface area contributed by atoms with Gasteiger partial charge in [0.25, 0.3) is 11.8 Å². The summed E-state index contributed by atoms with van der Waals surface area (Å²) in [6.07, 6.45) is 2.84. The average molecular weight is 502 g/mol. The third kappa shape index (κ3) is 5.58. The van der Waals surface area contributed by atoms with Gasteiger partial charge < -0.3 is 20.1 Å². The highest BCUT2D eigenvalue weighted by atomic mass is 16.2. The van der Waals surface area contributed by atoms with Crippen molar-refractivity contribution in [1.29, 1.82) is 0 Å². The molecule has 3 amide bonds. The fourth-order valence-electron chi connectivity index (χ4n) is 4.67. The van der Waals surface area contributed by atoms with Crippen molar-refractivity contribution in [2.45, 2.75) is 59.2 Å². The highest BCUT2D eigenvalue weighted by molar-refractivity contribution is 6.07. The van der Waals surface area contributed by atoms with Gasteiger partial charge in [0.1, 0.15) is 11.2 Å². The van der Waals surface area contributed by atoms with E-state index < -0.39 is 11.4 Å². The monoisotopic (exact) mass is 501 g/mol. The van der Waals surface area contributed by atoms with E-state index in [0.717, 1.165) is 16.7 Å². The number of amides is 3. The van der Waals surface area contributed by atoms with Gasteiger partial charge in [0, 0.05) is 19.6 Å². The van der Waals surface area contributed by atoms with E-state index in [1.807, 2.05) is 69.3 Å². The molecular weight excluding hydrogens is 466 g/mol. The highest BCUT2D eigenvalue weighted by Gasteiger charge is 2.48. The molecule has 2 heterocycles. The second kappa shape index (κ2) is 11.0. The van der Waals surface area contributed by atoms with Crippen LogP contribution in [0.2, 0.25) is 0 Å². The van der Waals surface area contributed by atoms with Gasteiger partial charge in [0.2, 0.25) is 5.91 Å². The Bertz CT molecular complexity index is 1280. The molecule has 1 atom stereocenters. The van der Waals surface area contributed by atoms with Crippen LogP contribution in [0.3, 0.4) is 0 Å². The molecule has 0 bridgehead atoms. The molecule has 2 aromatic carbocycles. The van der Waals surface area contributed by atoms with Crippen molar-refractivity contribution >= 4 is 17.7 Å². The minimum absolute atomic E-state index is 0.0946. The van der Waals surface area contributed by atoms with Crippen molar-refractivity contribution in [3.63, 3.8) is 0 Å². The van der Waals surface area contributed by atoms with E-state index in [-0.39, 0.29) is 29.7 Å². The molecule has 0 fully saturated rings. The summed E-state index contributed by atoms with van der Waals surface area (Å²) < 4.78 is 1.63. The quantitative estimate of drug-likeness (QED) is 0.470. The second-order valence-corrected chi connectivity index (χ2v) is 9.96. The van der Waals surface area contributed by atoms with Gasteiger partial charge in [-0.25, -0.2) is 4.98 Å². The summed E-state index contributed by atoms with van der Waals surface area (Å²) in [4.78, 5) is 45.9. The van der Waals surface area contributed by atoms with E-state index in [9.17, 15) is 14.4 Å². The zero-order chi connectivity index (χ0) is 26.6. The van der Waals surface area contributed by atoms with Crippen LogP contribution in [0.5, 0.6) is 0 Å². The topological polar surface area (TPSA) is 96.3 Å². The lowest BCUT2D eigenvalue weighted by atomic mass is 9.93. The van der Waals surface area contributed by atoms with Crippen LogP contribution in [0.15, 0.2) is 54.9 Å². The number of nitrogens with zero attached hydrogens (tertiary/aromatic N) is 3. The van der Waals surface area contributed by atoms with Gasteiger partial charge in [0.05, 0.1) is 12.9 Å². The molecule has 1 aliphatic rings. The number of aromatic nitrogens is 2. The number of hydrogen-bond donors (Lipinski definition) is 2. The summed E-state index contributed by atoms with van der Waals surface area (Å²) in [5.41, 5.74) is 3.65. The molecule has 2 N–H and O–H groups in total. The van der Waals surface area contributed by atoms with Crippen LogP contribution in [0.1, 0.15) is 63.5 Å². The lowest BCUT2D eigenvalue weighted by Crippen LogP contribution is -2.64. The van der Waals surface area contributed by atoms with Gasteiger partial charge in [0.15, 0.2) is 5.69 Å². The van der Waals surface area contributed by atoms with E-state index in [0.29, 0.717) is 32.5 Å². The summed E-state index contributed by atoms with van der Waals surface area (Å²) in [5.74, 6) is -0.987. The zero-order valence-electron chi connectivity index (χ0n) is 22.0. The van der Waals surface area contributed by atoms with Crippen LogP contribution >= 0.6 is 0 Å². The Morgan fingerprint density at radius 3 is 2.22 bits per heavy atom. The molecule has 0 aliphatic carbocycles. The van der Waals surface area contributed by atoms with Gasteiger partial charge in [-0.05, 0) is 44.7 Å².